The van der Waals surface area contributed by atoms with Gasteiger partial charge in [0.1, 0.15) is 0 Å². The summed E-state index contributed by atoms with van der Waals surface area (Å²) in [4.78, 5) is 14.9. The van der Waals surface area contributed by atoms with Crippen LogP contribution in [0, 0.1) is 0 Å². The van der Waals surface area contributed by atoms with Gasteiger partial charge in [-0.1, -0.05) is 6.42 Å². The molecule has 0 atom stereocenters. The van der Waals surface area contributed by atoms with Gasteiger partial charge in [0.15, 0.2) is 0 Å². The molecule has 0 aliphatic rings. The van der Waals surface area contributed by atoms with Gasteiger partial charge in [0.25, 0.3) is 0 Å². The summed E-state index contributed by atoms with van der Waals surface area (Å²) in [7, 11) is 0. The quantitative estimate of drug-likeness (QED) is 0.406. The second kappa shape index (κ2) is 8.92. The van der Waals surface area contributed by atoms with Gasteiger partial charge >= 0.3 is 12.1 Å². The Kier molecular flexibility index (Phi) is 7.56. The van der Waals surface area contributed by atoms with Gasteiger partial charge in [-0.2, -0.15) is 13.2 Å². The van der Waals surface area contributed by atoms with Crippen molar-refractivity contribution in [2.45, 2.75) is 43.8 Å². The molecule has 0 bridgehead atoms. The molecule has 0 radical (unpaired) electrons. The predicted octanol–water partition coefficient (Wildman–Crippen LogP) is 4.32. The van der Waals surface area contributed by atoms with Crippen molar-refractivity contribution in [1.29, 1.82) is 0 Å². The Morgan fingerprint density at radius 1 is 1.29 bits per heavy atom. The predicted molar refractivity (Wildman–Crippen MR) is 75.1 cm³/mol. The summed E-state index contributed by atoms with van der Waals surface area (Å²) in [6.45, 7) is 2.17. The maximum atomic E-state index is 12.3. The number of esters is 1. The second-order valence-electron chi connectivity index (χ2n) is 4.35. The minimum atomic E-state index is -4.34. The van der Waals surface area contributed by atoms with E-state index in [-0.39, 0.29) is 5.97 Å². The van der Waals surface area contributed by atoms with Crippen LogP contribution in [0.2, 0.25) is 0 Å². The molecule has 1 rings (SSSR count). The van der Waals surface area contributed by atoms with Gasteiger partial charge in [0.2, 0.25) is 0 Å². The van der Waals surface area contributed by atoms with Gasteiger partial charge < -0.3 is 4.74 Å². The average molecular weight is 321 g/mol. The largest absolute Gasteiger partial charge is 0.466 e. The van der Waals surface area contributed by atoms with E-state index in [0.29, 0.717) is 18.1 Å². The first kappa shape index (κ1) is 17.8. The van der Waals surface area contributed by atoms with Crippen molar-refractivity contribution in [1.82, 2.24) is 4.98 Å². The van der Waals surface area contributed by atoms with Crippen molar-refractivity contribution in [3.8, 4) is 0 Å². The van der Waals surface area contributed by atoms with E-state index in [4.69, 9.17) is 4.74 Å². The third-order valence-corrected chi connectivity index (χ3v) is 3.67. The number of unbranched alkanes of at least 4 members (excludes halogenated alkanes) is 2. The lowest BCUT2D eigenvalue weighted by molar-refractivity contribution is -0.143. The molecule has 1 aromatic heterocycles. The fourth-order valence-electron chi connectivity index (χ4n) is 1.59. The summed E-state index contributed by atoms with van der Waals surface area (Å²) in [6.07, 6.45) is -0.553. The van der Waals surface area contributed by atoms with Crippen LogP contribution in [-0.2, 0) is 15.7 Å². The summed E-state index contributed by atoms with van der Waals surface area (Å²) in [5.41, 5.74) is -0.735. The van der Waals surface area contributed by atoms with Crippen molar-refractivity contribution < 1.29 is 22.7 Å². The molecule has 0 spiro atoms. The van der Waals surface area contributed by atoms with Crippen molar-refractivity contribution in [2.75, 3.05) is 12.4 Å². The van der Waals surface area contributed by atoms with Crippen LogP contribution in [0.4, 0.5) is 13.2 Å². The number of halogens is 3. The highest BCUT2D eigenvalue weighted by Crippen LogP contribution is 2.29. The molecule has 0 fully saturated rings. The molecule has 0 saturated heterocycles. The summed E-state index contributed by atoms with van der Waals surface area (Å²) in [5.74, 6) is 0.579. The molecule has 0 unspecified atom stereocenters. The molecular weight excluding hydrogens is 303 g/mol. The number of alkyl halides is 3. The fourth-order valence-corrected chi connectivity index (χ4v) is 2.44. The molecule has 0 amide bonds. The number of hydrogen-bond donors (Lipinski definition) is 0. The molecule has 0 N–H and O–H groups in total. The van der Waals surface area contributed by atoms with Gasteiger partial charge in [0.05, 0.1) is 17.2 Å². The molecule has 1 aromatic rings. The van der Waals surface area contributed by atoms with Crippen LogP contribution in [0.15, 0.2) is 23.4 Å². The van der Waals surface area contributed by atoms with Crippen LogP contribution in [0.3, 0.4) is 0 Å². The Hall–Kier alpha value is -1.24. The van der Waals surface area contributed by atoms with Crippen LogP contribution in [0.1, 0.15) is 38.2 Å². The lowest BCUT2D eigenvalue weighted by Gasteiger charge is -2.06. The van der Waals surface area contributed by atoms with Gasteiger partial charge in [-0.15, -0.1) is 11.8 Å². The fraction of sp³-hybridized carbons (Fsp3) is 0.571. The zero-order chi connectivity index (χ0) is 15.7. The molecular formula is C14H18F3NO2S. The molecule has 0 saturated carbocycles. The number of ether oxygens (including phenoxy) is 1. The summed E-state index contributed by atoms with van der Waals surface area (Å²) < 4.78 is 41.8. The average Bonchev–Trinajstić information content (AvgIpc) is 2.42. The van der Waals surface area contributed by atoms with E-state index in [2.05, 4.69) is 4.98 Å². The standard InChI is InChI=1S/C14H18F3NO2S/c1-2-20-13(19)6-4-3-5-9-21-12-8-7-11(10-18-12)14(15,16)17/h7-8,10H,2-6,9H2,1H3. The van der Waals surface area contributed by atoms with E-state index in [1.165, 1.54) is 17.8 Å². The Balaban J connectivity index is 2.17. The number of aromatic nitrogens is 1. The van der Waals surface area contributed by atoms with Gasteiger partial charge in [-0.25, -0.2) is 4.98 Å². The maximum absolute atomic E-state index is 12.3. The van der Waals surface area contributed by atoms with Crippen molar-refractivity contribution in [3.05, 3.63) is 23.9 Å². The molecule has 21 heavy (non-hydrogen) atoms. The first-order chi connectivity index (χ1) is 9.93. The Morgan fingerprint density at radius 2 is 2.05 bits per heavy atom. The van der Waals surface area contributed by atoms with Crippen LogP contribution >= 0.6 is 11.8 Å². The van der Waals surface area contributed by atoms with Gasteiger partial charge in [0, 0.05) is 12.6 Å². The van der Waals surface area contributed by atoms with E-state index in [0.717, 1.165) is 37.3 Å². The Labute approximate surface area is 126 Å². The minimum absolute atomic E-state index is 0.186. The smallest absolute Gasteiger partial charge is 0.417 e. The molecule has 1 heterocycles. The van der Waals surface area contributed by atoms with E-state index < -0.39 is 11.7 Å². The topological polar surface area (TPSA) is 39.2 Å². The van der Waals surface area contributed by atoms with E-state index in [1.807, 2.05) is 0 Å². The van der Waals surface area contributed by atoms with Crippen LogP contribution < -0.4 is 0 Å². The van der Waals surface area contributed by atoms with Crippen molar-refractivity contribution in [3.63, 3.8) is 0 Å². The van der Waals surface area contributed by atoms with Crippen LogP contribution in [0.25, 0.3) is 0 Å². The maximum Gasteiger partial charge on any atom is 0.417 e. The molecule has 0 aromatic carbocycles. The molecule has 7 heteroatoms. The number of carbonyl (C=O) groups is 1. The third kappa shape index (κ3) is 7.36. The van der Waals surface area contributed by atoms with Gasteiger partial charge in [-0.05, 0) is 37.7 Å². The number of rotatable bonds is 8. The highest BCUT2D eigenvalue weighted by Gasteiger charge is 2.30. The normalized spacial score (nSPS) is 11.4. The van der Waals surface area contributed by atoms with E-state index in [1.54, 1.807) is 6.92 Å². The lowest BCUT2D eigenvalue weighted by Crippen LogP contribution is -2.05. The zero-order valence-corrected chi connectivity index (χ0v) is 12.6. The van der Waals surface area contributed by atoms with E-state index >= 15 is 0 Å². The third-order valence-electron chi connectivity index (χ3n) is 2.64. The number of nitrogens with zero attached hydrogens (tertiary/aromatic N) is 1. The zero-order valence-electron chi connectivity index (χ0n) is 11.8. The Morgan fingerprint density at radius 3 is 2.62 bits per heavy atom. The van der Waals surface area contributed by atoms with Crippen LogP contribution in [0.5, 0.6) is 0 Å². The SMILES string of the molecule is CCOC(=O)CCCCCSc1ccc(C(F)(F)F)cn1. The number of thioether (sulfide) groups is 1. The monoisotopic (exact) mass is 321 g/mol. The lowest BCUT2D eigenvalue weighted by atomic mass is 10.2. The summed E-state index contributed by atoms with van der Waals surface area (Å²) in [5, 5.41) is 0.577. The number of carbonyl (C=O) groups excluding carboxylic acids is 1. The van der Waals surface area contributed by atoms with Gasteiger partial charge in [-0.3, -0.25) is 4.79 Å². The van der Waals surface area contributed by atoms with Crippen molar-refractivity contribution in [2.24, 2.45) is 0 Å². The highest BCUT2D eigenvalue weighted by molar-refractivity contribution is 7.99. The second-order valence-corrected chi connectivity index (χ2v) is 5.46. The first-order valence-corrected chi connectivity index (χ1v) is 7.73. The minimum Gasteiger partial charge on any atom is -0.466 e. The Bertz CT molecular complexity index is 435. The van der Waals surface area contributed by atoms with Crippen LogP contribution in [-0.4, -0.2) is 23.3 Å². The summed E-state index contributed by atoms with van der Waals surface area (Å²) >= 11 is 1.41. The van der Waals surface area contributed by atoms with Crippen molar-refractivity contribution >= 4 is 17.7 Å². The molecule has 0 aliphatic heterocycles. The molecule has 3 nitrogen and oxygen atoms in total. The summed E-state index contributed by atoms with van der Waals surface area (Å²) in [6, 6.07) is 2.42. The number of hydrogen-bond acceptors (Lipinski definition) is 4. The highest BCUT2D eigenvalue weighted by atomic mass is 32.2. The number of pyridine rings is 1. The van der Waals surface area contributed by atoms with E-state index in [9.17, 15) is 18.0 Å². The molecule has 118 valence electrons. The molecule has 0 aliphatic carbocycles. The first-order valence-electron chi connectivity index (χ1n) is 6.75.